The summed E-state index contributed by atoms with van der Waals surface area (Å²) in [5.74, 6) is -0.149. The molecule has 23 heavy (non-hydrogen) atoms. The van der Waals surface area contributed by atoms with Crippen LogP contribution in [0, 0.1) is 12.3 Å². The Labute approximate surface area is 132 Å². The van der Waals surface area contributed by atoms with Crippen LogP contribution in [0.5, 0.6) is 0 Å². The molecule has 1 saturated heterocycles. The zero-order valence-corrected chi connectivity index (χ0v) is 12.9. The highest BCUT2D eigenvalue weighted by molar-refractivity contribution is 5.95. The van der Waals surface area contributed by atoms with Crippen molar-refractivity contribution in [2.45, 2.75) is 20.3 Å². The van der Waals surface area contributed by atoms with Crippen LogP contribution in [0.15, 0.2) is 28.7 Å². The molecule has 0 aliphatic carbocycles. The van der Waals surface area contributed by atoms with Crippen LogP contribution < -0.4 is 0 Å². The maximum absolute atomic E-state index is 12.5. The largest absolute Gasteiger partial charge is 0.481 e. The molecule has 7 nitrogen and oxygen atoms in total. The molecule has 1 unspecified atom stereocenters. The summed E-state index contributed by atoms with van der Waals surface area (Å²) in [5.41, 5.74) is 0.384. The first kappa shape index (κ1) is 15.2. The minimum atomic E-state index is -0.866. The number of likely N-dealkylation sites (tertiary alicyclic amines) is 1. The summed E-state index contributed by atoms with van der Waals surface area (Å²) in [6.07, 6.45) is 0.466. The van der Waals surface area contributed by atoms with Gasteiger partial charge in [-0.05, 0) is 37.6 Å². The molecule has 0 spiro atoms. The molecule has 120 valence electrons. The van der Waals surface area contributed by atoms with E-state index >= 15 is 0 Å². The molecule has 0 bridgehead atoms. The minimum absolute atomic E-state index is 0.164. The second kappa shape index (κ2) is 5.49. The van der Waals surface area contributed by atoms with Gasteiger partial charge in [0.05, 0.1) is 5.41 Å². The molecular formula is C16H17N3O4. The van der Waals surface area contributed by atoms with E-state index in [0.29, 0.717) is 30.3 Å². The number of aryl methyl sites for hydroxylation is 1. The van der Waals surface area contributed by atoms with Crippen molar-refractivity contribution in [2.75, 3.05) is 13.1 Å². The summed E-state index contributed by atoms with van der Waals surface area (Å²) < 4.78 is 5.34. The summed E-state index contributed by atoms with van der Waals surface area (Å²) in [4.78, 5) is 25.3. The average molecular weight is 315 g/mol. The molecule has 1 aromatic carbocycles. The third kappa shape index (κ3) is 2.81. The number of benzene rings is 1. The van der Waals surface area contributed by atoms with Crippen LogP contribution >= 0.6 is 0 Å². The summed E-state index contributed by atoms with van der Waals surface area (Å²) in [7, 11) is 0. The van der Waals surface area contributed by atoms with Crippen LogP contribution in [0.1, 0.15) is 29.6 Å². The van der Waals surface area contributed by atoms with Crippen molar-refractivity contribution in [3.63, 3.8) is 0 Å². The Balaban J connectivity index is 1.75. The average Bonchev–Trinajstić information content (AvgIpc) is 3.14. The smallest absolute Gasteiger partial charge is 0.311 e. The molecule has 0 saturated carbocycles. The first-order valence-electron chi connectivity index (χ1n) is 7.32. The molecule has 7 heteroatoms. The van der Waals surface area contributed by atoms with Crippen molar-refractivity contribution < 1.29 is 19.1 Å². The van der Waals surface area contributed by atoms with Crippen molar-refractivity contribution >= 4 is 11.9 Å². The Hall–Kier alpha value is -2.70. The Morgan fingerprint density at radius 1 is 1.26 bits per heavy atom. The number of aliphatic carboxylic acids is 1. The lowest BCUT2D eigenvalue weighted by Crippen LogP contribution is -2.34. The molecule has 3 rings (SSSR count). The molecule has 1 amide bonds. The Morgan fingerprint density at radius 2 is 1.96 bits per heavy atom. The number of hydrogen-bond donors (Lipinski definition) is 1. The molecule has 1 aliphatic heterocycles. The fourth-order valence-electron chi connectivity index (χ4n) is 2.66. The molecule has 1 aliphatic rings. The highest BCUT2D eigenvalue weighted by atomic mass is 16.4. The highest BCUT2D eigenvalue weighted by Crippen LogP contribution is 2.31. The number of aromatic nitrogens is 2. The number of carboxylic acids is 1. The number of carbonyl (C=O) groups is 2. The van der Waals surface area contributed by atoms with Crippen molar-refractivity contribution in [2.24, 2.45) is 5.41 Å². The number of carboxylic acid groups (broad SMARTS) is 1. The van der Waals surface area contributed by atoms with E-state index in [4.69, 9.17) is 4.42 Å². The first-order valence-corrected chi connectivity index (χ1v) is 7.32. The lowest BCUT2D eigenvalue weighted by molar-refractivity contribution is -0.147. The molecular weight excluding hydrogens is 298 g/mol. The minimum Gasteiger partial charge on any atom is -0.481 e. The second-order valence-electron chi connectivity index (χ2n) is 6.05. The number of carbonyl (C=O) groups excluding carboxylic acids is 1. The van der Waals surface area contributed by atoms with E-state index in [1.54, 1.807) is 43.0 Å². The van der Waals surface area contributed by atoms with Crippen LogP contribution in [0.25, 0.3) is 11.5 Å². The lowest BCUT2D eigenvalue weighted by atomic mass is 9.90. The number of rotatable bonds is 3. The topological polar surface area (TPSA) is 96.5 Å². The SMILES string of the molecule is Cc1nnc(-c2ccc(C(=O)N3CCC(C)(C(=O)O)C3)cc2)o1. The Bertz CT molecular complexity index is 753. The van der Waals surface area contributed by atoms with Gasteiger partial charge in [0.2, 0.25) is 11.8 Å². The van der Waals surface area contributed by atoms with Crippen LogP contribution in [0.2, 0.25) is 0 Å². The Morgan fingerprint density at radius 3 is 2.48 bits per heavy atom. The normalized spacial score (nSPS) is 20.7. The van der Waals surface area contributed by atoms with Gasteiger partial charge < -0.3 is 14.4 Å². The van der Waals surface area contributed by atoms with E-state index < -0.39 is 11.4 Å². The predicted molar refractivity (Wildman–Crippen MR) is 80.7 cm³/mol. The van der Waals surface area contributed by atoms with Gasteiger partial charge >= 0.3 is 5.97 Å². The van der Waals surface area contributed by atoms with Crippen molar-refractivity contribution in [1.29, 1.82) is 0 Å². The number of amides is 1. The standard InChI is InChI=1S/C16H17N3O4/c1-10-17-18-13(23-10)11-3-5-12(6-4-11)14(20)19-8-7-16(2,9-19)15(21)22/h3-6H,7-9H2,1-2H3,(H,21,22). The summed E-state index contributed by atoms with van der Waals surface area (Å²) in [6, 6.07) is 6.86. The third-order valence-corrected chi connectivity index (χ3v) is 4.18. The fraction of sp³-hybridized carbons (Fsp3) is 0.375. The first-order chi connectivity index (χ1) is 10.9. The summed E-state index contributed by atoms with van der Waals surface area (Å²) in [6.45, 7) is 4.06. The van der Waals surface area contributed by atoms with Crippen LogP contribution in [0.3, 0.4) is 0 Å². The molecule has 0 radical (unpaired) electrons. The van der Waals surface area contributed by atoms with E-state index in [9.17, 15) is 14.7 Å². The third-order valence-electron chi connectivity index (χ3n) is 4.18. The van der Waals surface area contributed by atoms with Gasteiger partial charge in [-0.15, -0.1) is 10.2 Å². The molecule has 1 atom stereocenters. The summed E-state index contributed by atoms with van der Waals surface area (Å²) in [5, 5.41) is 16.9. The van der Waals surface area contributed by atoms with Gasteiger partial charge in [0.1, 0.15) is 0 Å². The van der Waals surface area contributed by atoms with E-state index in [-0.39, 0.29) is 12.5 Å². The van der Waals surface area contributed by atoms with Crippen molar-refractivity contribution in [3.05, 3.63) is 35.7 Å². The highest BCUT2D eigenvalue weighted by Gasteiger charge is 2.42. The van der Waals surface area contributed by atoms with Crippen LogP contribution in [0.4, 0.5) is 0 Å². The van der Waals surface area contributed by atoms with E-state index in [1.807, 2.05) is 0 Å². The van der Waals surface area contributed by atoms with Gasteiger partial charge in [-0.3, -0.25) is 9.59 Å². The second-order valence-corrected chi connectivity index (χ2v) is 6.05. The quantitative estimate of drug-likeness (QED) is 0.930. The van der Waals surface area contributed by atoms with E-state index in [2.05, 4.69) is 10.2 Å². The Kier molecular flexibility index (Phi) is 3.63. The zero-order valence-electron chi connectivity index (χ0n) is 12.9. The molecule has 1 fully saturated rings. The molecule has 1 N–H and O–H groups in total. The molecule has 2 aromatic rings. The predicted octanol–water partition coefficient (Wildman–Crippen LogP) is 1.98. The van der Waals surface area contributed by atoms with Gasteiger partial charge in [0, 0.05) is 31.1 Å². The van der Waals surface area contributed by atoms with Gasteiger partial charge in [0.25, 0.3) is 5.91 Å². The zero-order chi connectivity index (χ0) is 16.6. The fourth-order valence-corrected chi connectivity index (χ4v) is 2.66. The lowest BCUT2D eigenvalue weighted by Gasteiger charge is -2.20. The number of hydrogen-bond acceptors (Lipinski definition) is 5. The maximum atomic E-state index is 12.5. The van der Waals surface area contributed by atoms with Crippen LogP contribution in [-0.2, 0) is 4.79 Å². The van der Waals surface area contributed by atoms with Gasteiger partial charge in [0.15, 0.2) is 0 Å². The maximum Gasteiger partial charge on any atom is 0.311 e. The van der Waals surface area contributed by atoms with Gasteiger partial charge in [-0.1, -0.05) is 0 Å². The monoisotopic (exact) mass is 315 g/mol. The van der Waals surface area contributed by atoms with Crippen molar-refractivity contribution in [3.8, 4) is 11.5 Å². The summed E-state index contributed by atoms with van der Waals surface area (Å²) >= 11 is 0. The number of nitrogens with zero attached hydrogens (tertiary/aromatic N) is 3. The van der Waals surface area contributed by atoms with E-state index in [1.165, 1.54) is 0 Å². The van der Waals surface area contributed by atoms with Crippen molar-refractivity contribution in [1.82, 2.24) is 15.1 Å². The van der Waals surface area contributed by atoms with Gasteiger partial charge in [-0.25, -0.2) is 0 Å². The molecule has 1 aromatic heterocycles. The van der Waals surface area contributed by atoms with E-state index in [0.717, 1.165) is 5.56 Å². The molecule has 2 heterocycles. The van der Waals surface area contributed by atoms with Gasteiger partial charge in [-0.2, -0.15) is 0 Å². The van der Waals surface area contributed by atoms with Crippen LogP contribution in [-0.4, -0.2) is 45.2 Å².